The molecule has 0 amide bonds. The SMILES string of the molecule is CC(C)c1cc(C(C)C)c(-c2c3nc(c(-c4c(C(C)C)cc(C(C)C)cc4C(C)C)c4ccc([nH]4)c(-c4c(C(C)C)cc(C(C)C)cc4C(C)C)c4nc(c(-c5ccc(I)cc5)c5ccc2[nH]5)C=C4)C=C3)c(C(C)C)c1. The Bertz CT molecular complexity index is 3420. The van der Waals surface area contributed by atoms with E-state index in [1.165, 1.54) is 70.3 Å². The highest BCUT2D eigenvalue weighted by Crippen LogP contribution is 2.48. The van der Waals surface area contributed by atoms with Crippen LogP contribution in [-0.4, -0.2) is 19.9 Å². The summed E-state index contributed by atoms with van der Waals surface area (Å²) in [5.41, 5.74) is 29.6. The Balaban J connectivity index is 1.59. The van der Waals surface area contributed by atoms with Crippen molar-refractivity contribution in [2.75, 3.05) is 0 Å². The maximum Gasteiger partial charge on any atom is 0.0737 e. The number of fused-ring (bicyclic) bond motifs is 8. The molecule has 5 heteroatoms. The van der Waals surface area contributed by atoms with Gasteiger partial charge in [-0.1, -0.05) is 173 Å². The average molecular weight is 1120 g/mol. The Labute approximate surface area is 469 Å². The van der Waals surface area contributed by atoms with Crippen molar-refractivity contribution in [1.82, 2.24) is 19.9 Å². The summed E-state index contributed by atoms with van der Waals surface area (Å²) in [7, 11) is 0. The number of H-pyrrole nitrogens is 2. The topological polar surface area (TPSA) is 57.4 Å². The normalized spacial score (nSPS) is 12.8. The van der Waals surface area contributed by atoms with Crippen LogP contribution in [0.2, 0.25) is 0 Å². The van der Waals surface area contributed by atoms with Gasteiger partial charge in [0.15, 0.2) is 0 Å². The maximum absolute atomic E-state index is 5.97. The molecule has 4 nitrogen and oxygen atoms in total. The predicted octanol–water partition coefficient (Wildman–Crippen LogP) is 22.0. The van der Waals surface area contributed by atoms with Crippen LogP contribution >= 0.6 is 22.6 Å². The lowest BCUT2D eigenvalue weighted by atomic mass is 9.81. The molecule has 8 bridgehead atoms. The minimum atomic E-state index is 0.262. The molecule has 5 heterocycles. The van der Waals surface area contributed by atoms with Gasteiger partial charge in [0.25, 0.3) is 0 Å². The van der Waals surface area contributed by atoms with Crippen molar-refractivity contribution in [3.05, 3.63) is 161 Å². The van der Waals surface area contributed by atoms with E-state index < -0.39 is 0 Å². The highest BCUT2D eigenvalue weighted by molar-refractivity contribution is 14.1. The molecule has 0 atom stereocenters. The summed E-state index contributed by atoms with van der Waals surface area (Å²) in [5.74, 6) is 2.76. The first-order valence-electron chi connectivity index (χ1n) is 28.5. The van der Waals surface area contributed by atoms with Crippen LogP contribution in [0.5, 0.6) is 0 Å². The number of nitrogens with zero attached hydrogens (tertiary/aromatic N) is 2. The lowest BCUT2D eigenvalue weighted by Gasteiger charge is -2.24. The van der Waals surface area contributed by atoms with E-state index in [2.05, 4.69) is 266 Å². The third-order valence-corrected chi connectivity index (χ3v) is 16.8. The molecule has 0 unspecified atom stereocenters. The van der Waals surface area contributed by atoms with Crippen LogP contribution in [0.3, 0.4) is 0 Å². The molecule has 9 rings (SSSR count). The molecule has 3 aromatic heterocycles. The van der Waals surface area contributed by atoms with Gasteiger partial charge in [-0.2, -0.15) is 0 Å². The average Bonchev–Trinajstić information content (AvgIpc) is 4.25. The zero-order chi connectivity index (χ0) is 54.8. The fourth-order valence-corrected chi connectivity index (χ4v) is 12.0. The summed E-state index contributed by atoms with van der Waals surface area (Å²) < 4.78 is 1.19. The first-order valence-corrected chi connectivity index (χ1v) is 29.6. The van der Waals surface area contributed by atoms with Crippen molar-refractivity contribution in [3.8, 4) is 44.5 Å². The molecule has 76 heavy (non-hydrogen) atoms. The van der Waals surface area contributed by atoms with Crippen molar-refractivity contribution in [3.63, 3.8) is 0 Å². The first kappa shape index (κ1) is 55.0. The number of nitrogens with one attached hydrogen (secondary N) is 2. The number of hydrogen-bond acceptors (Lipinski definition) is 2. The second-order valence-electron chi connectivity index (χ2n) is 24.6. The van der Waals surface area contributed by atoms with E-state index in [1.807, 2.05) is 0 Å². The summed E-state index contributed by atoms with van der Waals surface area (Å²) in [6, 6.07) is 33.1. The predicted molar refractivity (Wildman–Crippen MR) is 340 cm³/mol. The second kappa shape index (κ2) is 21.9. The molecule has 2 aliphatic rings. The van der Waals surface area contributed by atoms with E-state index in [9.17, 15) is 0 Å². The fourth-order valence-electron chi connectivity index (χ4n) is 11.6. The Hall–Kier alpha value is -5.79. The lowest BCUT2D eigenvalue weighted by Crippen LogP contribution is -2.05. The van der Waals surface area contributed by atoms with Crippen molar-refractivity contribution in [2.24, 2.45) is 0 Å². The minimum absolute atomic E-state index is 0.262. The zero-order valence-corrected chi connectivity index (χ0v) is 51.0. The number of benzene rings is 4. The molecule has 0 spiro atoms. The van der Waals surface area contributed by atoms with Gasteiger partial charge in [0.1, 0.15) is 0 Å². The van der Waals surface area contributed by atoms with E-state index in [4.69, 9.17) is 9.97 Å². The van der Waals surface area contributed by atoms with Crippen LogP contribution < -0.4 is 0 Å². The van der Waals surface area contributed by atoms with Gasteiger partial charge in [-0.15, -0.1) is 0 Å². The van der Waals surface area contributed by atoms with Gasteiger partial charge in [-0.3, -0.25) is 0 Å². The summed E-state index contributed by atoms with van der Waals surface area (Å²) in [5, 5.41) is 0. The van der Waals surface area contributed by atoms with E-state index in [1.54, 1.807) is 0 Å². The summed E-state index contributed by atoms with van der Waals surface area (Å²) in [4.78, 5) is 20.1. The third kappa shape index (κ3) is 10.4. The Morgan fingerprint density at radius 2 is 0.526 bits per heavy atom. The Morgan fingerprint density at radius 3 is 0.763 bits per heavy atom. The fraction of sp³-hybridized carbons (Fsp3) is 0.380. The smallest absolute Gasteiger partial charge is 0.0737 e. The maximum atomic E-state index is 5.97. The van der Waals surface area contributed by atoms with Crippen LogP contribution in [0.4, 0.5) is 0 Å². The second-order valence-corrected chi connectivity index (χ2v) is 25.9. The van der Waals surface area contributed by atoms with Crippen LogP contribution in [0.25, 0.3) is 90.9 Å². The quantitative estimate of drug-likeness (QED) is 0.113. The molecule has 0 fully saturated rings. The van der Waals surface area contributed by atoms with Crippen LogP contribution in [0, 0.1) is 3.57 Å². The highest BCUT2D eigenvalue weighted by Gasteiger charge is 2.28. The van der Waals surface area contributed by atoms with E-state index in [0.29, 0.717) is 17.8 Å². The number of aromatic amines is 2. The van der Waals surface area contributed by atoms with E-state index in [0.717, 1.165) is 72.7 Å². The molecular weight excluding hydrogens is 1040 g/mol. The van der Waals surface area contributed by atoms with Gasteiger partial charge >= 0.3 is 0 Å². The van der Waals surface area contributed by atoms with Crippen molar-refractivity contribution in [1.29, 1.82) is 0 Å². The summed E-state index contributed by atoms with van der Waals surface area (Å²) in [6.07, 6.45) is 9.13. The zero-order valence-electron chi connectivity index (χ0n) is 48.9. The first-order chi connectivity index (χ1) is 36.0. The van der Waals surface area contributed by atoms with Gasteiger partial charge < -0.3 is 9.97 Å². The minimum Gasteiger partial charge on any atom is -0.354 e. The van der Waals surface area contributed by atoms with Gasteiger partial charge in [-0.25, -0.2) is 9.97 Å². The molecule has 0 saturated carbocycles. The number of halogens is 1. The molecule has 7 aromatic rings. The summed E-state index contributed by atoms with van der Waals surface area (Å²) in [6.45, 7) is 42.2. The standard InChI is InChI=1S/C71H83IN4/c1-37(2)47-31-51(40(7)8)66(52(32-47)41(9)10)69-59-25-23-57(73-59)65(46-19-21-50(72)22-20-46)58-24-26-60(74-58)70(67-53(42(11)12)33-48(38(3)4)34-54(67)43(13)14)62-28-30-64(76-62)71(63-29-27-61(69)75-63)68-55(44(15)16)35-49(39(5)6)36-56(68)45(17)18/h19-45,73,76H,1-18H3. The number of aromatic nitrogens is 4. The number of hydrogen-bond donors (Lipinski definition) is 2. The summed E-state index contributed by atoms with van der Waals surface area (Å²) >= 11 is 2.42. The molecule has 394 valence electrons. The third-order valence-electron chi connectivity index (χ3n) is 16.0. The molecule has 0 radical (unpaired) electrons. The highest BCUT2D eigenvalue weighted by atomic mass is 127. The van der Waals surface area contributed by atoms with Crippen LogP contribution in [0.15, 0.2) is 84.9 Å². The van der Waals surface area contributed by atoms with Gasteiger partial charge in [0.2, 0.25) is 0 Å². The monoisotopic (exact) mass is 1120 g/mol. The van der Waals surface area contributed by atoms with Gasteiger partial charge in [-0.05, 0) is 209 Å². The Kier molecular flexibility index (Phi) is 15.9. The van der Waals surface area contributed by atoms with E-state index >= 15 is 0 Å². The number of rotatable bonds is 13. The van der Waals surface area contributed by atoms with E-state index in [-0.39, 0.29) is 35.5 Å². The van der Waals surface area contributed by atoms with Crippen LogP contribution in [0.1, 0.15) is 251 Å². The molecule has 2 N–H and O–H groups in total. The lowest BCUT2D eigenvalue weighted by molar-refractivity contribution is 0.807. The largest absolute Gasteiger partial charge is 0.354 e. The molecular formula is C71H83IN4. The van der Waals surface area contributed by atoms with Crippen molar-refractivity contribution in [2.45, 2.75) is 178 Å². The molecule has 0 saturated heterocycles. The van der Waals surface area contributed by atoms with Crippen LogP contribution in [-0.2, 0) is 0 Å². The Morgan fingerprint density at radius 1 is 0.289 bits per heavy atom. The molecule has 4 aromatic carbocycles. The van der Waals surface area contributed by atoms with Gasteiger partial charge in [0.05, 0.1) is 22.8 Å². The molecule has 2 aliphatic heterocycles. The van der Waals surface area contributed by atoms with Crippen molar-refractivity contribution < 1.29 is 0 Å². The molecule has 0 aliphatic carbocycles. The van der Waals surface area contributed by atoms with Gasteiger partial charge in [0, 0.05) is 47.9 Å². The van der Waals surface area contributed by atoms with Crippen molar-refractivity contribution >= 4 is 69.0 Å².